The van der Waals surface area contributed by atoms with E-state index in [0.717, 1.165) is 5.69 Å². The van der Waals surface area contributed by atoms with Crippen molar-refractivity contribution in [1.29, 1.82) is 0 Å². The molecule has 0 saturated carbocycles. The number of Topliss-reactive ketones (excluding diaryl/α,β-unsaturated/α-hetero) is 1. The molecule has 0 N–H and O–H groups in total. The van der Waals surface area contributed by atoms with Crippen molar-refractivity contribution < 1.29 is 9.59 Å². The maximum absolute atomic E-state index is 12.0. The molecular weight excluding hydrogens is 250 g/mol. The summed E-state index contributed by atoms with van der Waals surface area (Å²) in [5.41, 5.74) is 2.78. The molecule has 98 valence electrons. The van der Waals surface area contributed by atoms with Gasteiger partial charge in [0, 0.05) is 37.9 Å². The van der Waals surface area contributed by atoms with E-state index in [1.807, 2.05) is 17.3 Å². The van der Waals surface area contributed by atoms with Crippen molar-refractivity contribution in [3.63, 3.8) is 0 Å². The number of thiazole rings is 1. The summed E-state index contributed by atoms with van der Waals surface area (Å²) < 4.78 is 0. The minimum absolute atomic E-state index is 0.0974. The van der Waals surface area contributed by atoms with Crippen molar-refractivity contribution in [3.8, 4) is 0 Å². The lowest BCUT2D eigenvalue weighted by atomic mass is 10.1. The number of nitrogens with zero attached hydrogens (tertiary/aromatic N) is 3. The standard InChI is InChI=1S/C12H17N3O2S/c1-14(6-10-8-18-9-13-10)7-12(17)15-4-2-11(16)3-5-15/h8-9H,2-7H2,1H3. The van der Waals surface area contributed by atoms with Crippen molar-refractivity contribution in [3.05, 3.63) is 16.6 Å². The van der Waals surface area contributed by atoms with E-state index in [4.69, 9.17) is 0 Å². The first-order valence-corrected chi connectivity index (χ1v) is 6.94. The summed E-state index contributed by atoms with van der Waals surface area (Å²) >= 11 is 1.56. The predicted molar refractivity (Wildman–Crippen MR) is 69.3 cm³/mol. The Bertz CT molecular complexity index is 409. The molecule has 0 spiro atoms. The van der Waals surface area contributed by atoms with E-state index in [-0.39, 0.29) is 11.7 Å². The van der Waals surface area contributed by atoms with Crippen LogP contribution in [0.2, 0.25) is 0 Å². The lowest BCUT2D eigenvalue weighted by molar-refractivity contribution is -0.135. The summed E-state index contributed by atoms with van der Waals surface area (Å²) in [5, 5.41) is 1.99. The van der Waals surface area contributed by atoms with Crippen molar-refractivity contribution in [2.45, 2.75) is 19.4 Å². The molecule has 1 aliphatic heterocycles. The van der Waals surface area contributed by atoms with Gasteiger partial charge in [-0.1, -0.05) is 0 Å². The topological polar surface area (TPSA) is 53.5 Å². The molecule has 1 fully saturated rings. The number of carbonyl (C=O) groups is 2. The number of piperidine rings is 1. The maximum Gasteiger partial charge on any atom is 0.236 e. The van der Waals surface area contributed by atoms with Gasteiger partial charge in [0.2, 0.25) is 5.91 Å². The van der Waals surface area contributed by atoms with E-state index >= 15 is 0 Å². The van der Waals surface area contributed by atoms with Crippen LogP contribution in [-0.2, 0) is 16.1 Å². The molecule has 0 unspecified atom stereocenters. The van der Waals surface area contributed by atoms with Crippen LogP contribution in [0.5, 0.6) is 0 Å². The van der Waals surface area contributed by atoms with Crippen LogP contribution in [0.25, 0.3) is 0 Å². The van der Waals surface area contributed by atoms with Crippen molar-refractivity contribution in [2.24, 2.45) is 0 Å². The van der Waals surface area contributed by atoms with Gasteiger partial charge in [-0.2, -0.15) is 0 Å². The van der Waals surface area contributed by atoms with Gasteiger partial charge in [-0.05, 0) is 7.05 Å². The number of aromatic nitrogens is 1. The Morgan fingerprint density at radius 3 is 2.83 bits per heavy atom. The minimum Gasteiger partial charge on any atom is -0.341 e. The van der Waals surface area contributed by atoms with Crippen LogP contribution < -0.4 is 0 Å². The van der Waals surface area contributed by atoms with Crippen LogP contribution in [-0.4, -0.2) is 53.2 Å². The number of amides is 1. The smallest absolute Gasteiger partial charge is 0.236 e. The monoisotopic (exact) mass is 267 g/mol. The molecule has 1 aliphatic rings. The Morgan fingerprint density at radius 1 is 1.50 bits per heavy atom. The molecule has 1 saturated heterocycles. The molecule has 1 aromatic heterocycles. The number of carbonyl (C=O) groups excluding carboxylic acids is 2. The van der Waals surface area contributed by atoms with Gasteiger partial charge in [0.25, 0.3) is 0 Å². The molecule has 18 heavy (non-hydrogen) atoms. The van der Waals surface area contributed by atoms with E-state index < -0.39 is 0 Å². The SMILES string of the molecule is CN(CC(=O)N1CCC(=O)CC1)Cc1cscn1. The number of ketones is 1. The van der Waals surface area contributed by atoms with Crippen LogP contribution in [0, 0.1) is 0 Å². The molecule has 0 aromatic carbocycles. The fourth-order valence-corrected chi connectivity index (χ4v) is 2.53. The Labute approximate surface area is 110 Å². The Kier molecular flexibility index (Phi) is 4.43. The van der Waals surface area contributed by atoms with Gasteiger partial charge in [0.15, 0.2) is 0 Å². The second-order valence-electron chi connectivity index (χ2n) is 4.57. The Balaban J connectivity index is 1.78. The van der Waals surface area contributed by atoms with Crippen molar-refractivity contribution >= 4 is 23.0 Å². The van der Waals surface area contributed by atoms with Gasteiger partial charge in [0.1, 0.15) is 5.78 Å². The van der Waals surface area contributed by atoms with E-state index in [9.17, 15) is 9.59 Å². The molecule has 2 rings (SSSR count). The first-order chi connectivity index (χ1) is 8.65. The average Bonchev–Trinajstić information content (AvgIpc) is 2.82. The summed E-state index contributed by atoms with van der Waals surface area (Å²) in [6.45, 7) is 2.21. The van der Waals surface area contributed by atoms with Gasteiger partial charge in [-0.3, -0.25) is 14.5 Å². The molecule has 5 nitrogen and oxygen atoms in total. The highest BCUT2D eigenvalue weighted by Gasteiger charge is 2.21. The number of likely N-dealkylation sites (tertiary alicyclic amines) is 1. The van der Waals surface area contributed by atoms with E-state index in [0.29, 0.717) is 39.0 Å². The highest BCUT2D eigenvalue weighted by Crippen LogP contribution is 2.08. The molecule has 0 aliphatic carbocycles. The predicted octanol–water partition coefficient (Wildman–Crippen LogP) is 0.766. The molecular formula is C12H17N3O2S. The number of rotatable bonds is 4. The highest BCUT2D eigenvalue weighted by atomic mass is 32.1. The molecule has 1 amide bonds. The summed E-state index contributed by atoms with van der Waals surface area (Å²) in [4.78, 5) is 31.0. The van der Waals surface area contributed by atoms with Crippen LogP contribution in [0.15, 0.2) is 10.9 Å². The van der Waals surface area contributed by atoms with Gasteiger partial charge < -0.3 is 4.90 Å². The molecule has 0 atom stereocenters. The summed E-state index contributed by atoms with van der Waals surface area (Å²) in [6.07, 6.45) is 1.00. The molecule has 0 radical (unpaired) electrons. The zero-order chi connectivity index (χ0) is 13.0. The van der Waals surface area contributed by atoms with Crippen LogP contribution in [0.4, 0.5) is 0 Å². The van der Waals surface area contributed by atoms with E-state index in [1.165, 1.54) is 0 Å². The molecule has 0 bridgehead atoms. The third-order valence-corrected chi connectivity index (χ3v) is 3.63. The average molecular weight is 267 g/mol. The van der Waals surface area contributed by atoms with Crippen LogP contribution in [0.3, 0.4) is 0 Å². The lowest BCUT2D eigenvalue weighted by Crippen LogP contribution is -2.43. The minimum atomic E-state index is 0.0974. The van der Waals surface area contributed by atoms with E-state index in [1.54, 1.807) is 21.7 Å². The molecule has 1 aromatic rings. The summed E-state index contributed by atoms with van der Waals surface area (Å²) in [6, 6.07) is 0. The fraction of sp³-hybridized carbons (Fsp3) is 0.583. The normalized spacial score (nSPS) is 16.3. The third-order valence-electron chi connectivity index (χ3n) is 2.99. The van der Waals surface area contributed by atoms with Crippen molar-refractivity contribution in [1.82, 2.24) is 14.8 Å². The summed E-state index contributed by atoms with van der Waals surface area (Å²) in [5.74, 6) is 0.357. The van der Waals surface area contributed by atoms with Gasteiger partial charge in [-0.15, -0.1) is 11.3 Å². The lowest BCUT2D eigenvalue weighted by Gasteiger charge is -2.27. The molecule has 6 heteroatoms. The van der Waals surface area contributed by atoms with Crippen LogP contribution in [0.1, 0.15) is 18.5 Å². The number of likely N-dealkylation sites (N-methyl/N-ethyl adjacent to an activating group) is 1. The first-order valence-electron chi connectivity index (χ1n) is 6.00. The zero-order valence-electron chi connectivity index (χ0n) is 10.5. The van der Waals surface area contributed by atoms with Gasteiger partial charge >= 0.3 is 0 Å². The highest BCUT2D eigenvalue weighted by molar-refractivity contribution is 7.07. The number of hydrogen-bond acceptors (Lipinski definition) is 5. The van der Waals surface area contributed by atoms with Gasteiger partial charge in [0.05, 0.1) is 17.7 Å². The second kappa shape index (κ2) is 6.06. The Hall–Kier alpha value is -1.27. The first kappa shape index (κ1) is 13.2. The van der Waals surface area contributed by atoms with E-state index in [2.05, 4.69) is 4.98 Å². The fourth-order valence-electron chi connectivity index (χ4n) is 1.98. The number of hydrogen-bond donors (Lipinski definition) is 0. The summed E-state index contributed by atoms with van der Waals surface area (Å²) in [7, 11) is 1.91. The molecule has 2 heterocycles. The van der Waals surface area contributed by atoms with Crippen LogP contribution >= 0.6 is 11.3 Å². The van der Waals surface area contributed by atoms with Gasteiger partial charge in [-0.25, -0.2) is 4.98 Å². The largest absolute Gasteiger partial charge is 0.341 e. The Morgan fingerprint density at radius 2 is 2.22 bits per heavy atom. The third kappa shape index (κ3) is 3.61. The second-order valence-corrected chi connectivity index (χ2v) is 5.29. The maximum atomic E-state index is 12.0. The quantitative estimate of drug-likeness (QED) is 0.808. The van der Waals surface area contributed by atoms with Crippen molar-refractivity contribution in [2.75, 3.05) is 26.7 Å². The zero-order valence-corrected chi connectivity index (χ0v) is 11.3.